The zero-order valence-electron chi connectivity index (χ0n) is 11.0. The number of nitrogens with two attached hydrogens (primary N) is 1. The topological polar surface area (TPSA) is 61.0 Å². The summed E-state index contributed by atoms with van der Waals surface area (Å²) in [4.78, 5) is 7.96. The van der Waals surface area contributed by atoms with Crippen LogP contribution in [0.5, 0.6) is 11.8 Å². The predicted molar refractivity (Wildman–Crippen MR) is 83.4 cm³/mol. The second kappa shape index (κ2) is 5.81. The number of aromatic nitrogens is 2. The number of nitrogen functional groups attached to an aromatic ring is 1. The Balaban J connectivity index is 1.88. The molecule has 0 unspecified atom stereocenters. The molecule has 1 heterocycles. The van der Waals surface area contributed by atoms with Crippen molar-refractivity contribution in [3.05, 3.63) is 65.8 Å². The molecule has 104 valence electrons. The van der Waals surface area contributed by atoms with Crippen molar-refractivity contribution in [3.8, 4) is 22.9 Å². The highest BCUT2D eigenvalue weighted by Gasteiger charge is 2.07. The molecule has 0 fully saturated rings. The molecule has 0 aliphatic rings. The average molecular weight is 298 g/mol. The largest absolute Gasteiger partial charge is 0.423 e. The summed E-state index contributed by atoms with van der Waals surface area (Å²) in [7, 11) is 0. The van der Waals surface area contributed by atoms with Crippen molar-refractivity contribution in [2.75, 3.05) is 5.73 Å². The van der Waals surface area contributed by atoms with Crippen molar-refractivity contribution in [2.45, 2.75) is 0 Å². The Labute approximate surface area is 127 Å². The summed E-state index contributed by atoms with van der Waals surface area (Å²) >= 11 is 6.26. The number of benzene rings is 2. The van der Waals surface area contributed by atoms with E-state index in [1.807, 2.05) is 42.5 Å². The van der Waals surface area contributed by atoms with Crippen LogP contribution < -0.4 is 10.5 Å². The van der Waals surface area contributed by atoms with Crippen LogP contribution in [0.4, 0.5) is 5.82 Å². The first-order chi connectivity index (χ1) is 10.2. The molecule has 0 amide bonds. The fourth-order valence-electron chi connectivity index (χ4n) is 1.90. The van der Waals surface area contributed by atoms with E-state index in [2.05, 4.69) is 9.97 Å². The quantitative estimate of drug-likeness (QED) is 0.788. The molecule has 0 bridgehead atoms. The van der Waals surface area contributed by atoms with Gasteiger partial charge < -0.3 is 10.5 Å². The van der Waals surface area contributed by atoms with Gasteiger partial charge in [0, 0.05) is 6.20 Å². The fourth-order valence-corrected chi connectivity index (χ4v) is 2.11. The Morgan fingerprint density at radius 3 is 2.48 bits per heavy atom. The summed E-state index contributed by atoms with van der Waals surface area (Å²) in [5.41, 5.74) is 7.69. The highest BCUT2D eigenvalue weighted by molar-refractivity contribution is 6.32. The summed E-state index contributed by atoms with van der Waals surface area (Å²) < 4.78 is 5.55. The first-order valence-electron chi connectivity index (χ1n) is 6.34. The SMILES string of the molecule is Nc1ccnc(Oc2ccc(-c3ccccc3)cc2Cl)n1. The van der Waals surface area contributed by atoms with Gasteiger partial charge >= 0.3 is 6.01 Å². The van der Waals surface area contributed by atoms with Gasteiger partial charge in [0.15, 0.2) is 0 Å². The number of ether oxygens (including phenoxy) is 1. The Kier molecular flexibility index (Phi) is 3.71. The summed E-state index contributed by atoms with van der Waals surface area (Å²) in [6, 6.07) is 17.3. The van der Waals surface area contributed by atoms with E-state index in [4.69, 9.17) is 22.1 Å². The van der Waals surface area contributed by atoms with Crippen molar-refractivity contribution < 1.29 is 4.74 Å². The second-order valence-corrected chi connectivity index (χ2v) is 4.78. The molecule has 5 heteroatoms. The van der Waals surface area contributed by atoms with Crippen LogP contribution in [0.1, 0.15) is 0 Å². The summed E-state index contributed by atoms with van der Waals surface area (Å²) in [5.74, 6) is 0.832. The van der Waals surface area contributed by atoms with E-state index in [0.717, 1.165) is 11.1 Å². The zero-order valence-corrected chi connectivity index (χ0v) is 11.8. The molecule has 0 spiro atoms. The van der Waals surface area contributed by atoms with Gasteiger partial charge in [0.25, 0.3) is 0 Å². The van der Waals surface area contributed by atoms with Gasteiger partial charge in [-0.05, 0) is 29.3 Å². The van der Waals surface area contributed by atoms with Crippen LogP contribution in [0.15, 0.2) is 60.8 Å². The third-order valence-electron chi connectivity index (χ3n) is 2.90. The minimum Gasteiger partial charge on any atom is -0.423 e. The molecule has 1 aromatic heterocycles. The predicted octanol–water partition coefficient (Wildman–Crippen LogP) is 4.17. The Bertz CT molecular complexity index is 762. The molecule has 2 N–H and O–H groups in total. The van der Waals surface area contributed by atoms with Crippen LogP contribution in [-0.2, 0) is 0 Å². The summed E-state index contributed by atoms with van der Waals surface area (Å²) in [6.07, 6.45) is 1.53. The van der Waals surface area contributed by atoms with Gasteiger partial charge in [0.1, 0.15) is 11.6 Å². The Hall–Kier alpha value is -2.59. The van der Waals surface area contributed by atoms with Gasteiger partial charge in [0.2, 0.25) is 0 Å². The zero-order chi connectivity index (χ0) is 14.7. The van der Waals surface area contributed by atoms with Gasteiger partial charge in [-0.15, -0.1) is 0 Å². The van der Waals surface area contributed by atoms with Crippen molar-refractivity contribution in [1.29, 1.82) is 0 Å². The highest BCUT2D eigenvalue weighted by Crippen LogP contribution is 2.32. The lowest BCUT2D eigenvalue weighted by Gasteiger charge is -2.08. The smallest absolute Gasteiger partial charge is 0.323 e. The minimum atomic E-state index is 0.171. The molecule has 0 radical (unpaired) electrons. The lowest BCUT2D eigenvalue weighted by Crippen LogP contribution is -1.96. The molecule has 4 nitrogen and oxygen atoms in total. The first kappa shape index (κ1) is 13.4. The normalized spacial score (nSPS) is 10.3. The van der Waals surface area contributed by atoms with E-state index in [0.29, 0.717) is 16.6 Å². The Morgan fingerprint density at radius 2 is 1.76 bits per heavy atom. The molecule has 3 aromatic rings. The number of rotatable bonds is 3. The lowest BCUT2D eigenvalue weighted by molar-refractivity contribution is 0.443. The molecule has 0 saturated heterocycles. The van der Waals surface area contributed by atoms with Gasteiger partial charge in [-0.2, -0.15) is 4.98 Å². The van der Waals surface area contributed by atoms with Crippen LogP contribution in [0.25, 0.3) is 11.1 Å². The average Bonchev–Trinajstić information content (AvgIpc) is 2.50. The number of hydrogen-bond donors (Lipinski definition) is 1. The third-order valence-corrected chi connectivity index (χ3v) is 3.19. The molecule has 0 aliphatic heterocycles. The van der Waals surface area contributed by atoms with E-state index in [1.165, 1.54) is 6.20 Å². The lowest BCUT2D eigenvalue weighted by atomic mass is 10.1. The molecule has 3 rings (SSSR count). The minimum absolute atomic E-state index is 0.171. The Morgan fingerprint density at radius 1 is 0.952 bits per heavy atom. The van der Waals surface area contributed by atoms with E-state index >= 15 is 0 Å². The van der Waals surface area contributed by atoms with E-state index in [-0.39, 0.29) is 6.01 Å². The highest BCUT2D eigenvalue weighted by atomic mass is 35.5. The van der Waals surface area contributed by atoms with Crippen LogP contribution in [0.2, 0.25) is 5.02 Å². The summed E-state index contributed by atoms with van der Waals surface area (Å²) in [6.45, 7) is 0. The van der Waals surface area contributed by atoms with Crippen LogP contribution in [-0.4, -0.2) is 9.97 Å². The van der Waals surface area contributed by atoms with Crippen molar-refractivity contribution >= 4 is 17.4 Å². The van der Waals surface area contributed by atoms with Crippen LogP contribution >= 0.6 is 11.6 Å². The van der Waals surface area contributed by atoms with E-state index < -0.39 is 0 Å². The number of hydrogen-bond acceptors (Lipinski definition) is 4. The van der Waals surface area contributed by atoms with Gasteiger partial charge in [-0.25, -0.2) is 4.98 Å². The summed E-state index contributed by atoms with van der Waals surface area (Å²) in [5, 5.41) is 0.488. The molecule has 0 atom stereocenters. The van der Waals surface area contributed by atoms with Crippen molar-refractivity contribution in [1.82, 2.24) is 9.97 Å². The van der Waals surface area contributed by atoms with E-state index in [9.17, 15) is 0 Å². The first-order valence-corrected chi connectivity index (χ1v) is 6.71. The van der Waals surface area contributed by atoms with Gasteiger partial charge in [0.05, 0.1) is 5.02 Å². The maximum atomic E-state index is 6.26. The molecule has 0 saturated carbocycles. The van der Waals surface area contributed by atoms with Gasteiger partial charge in [-0.3, -0.25) is 0 Å². The molecular formula is C16H12ClN3O. The molecule has 0 aliphatic carbocycles. The second-order valence-electron chi connectivity index (χ2n) is 4.38. The van der Waals surface area contributed by atoms with Crippen LogP contribution in [0.3, 0.4) is 0 Å². The van der Waals surface area contributed by atoms with Crippen molar-refractivity contribution in [2.24, 2.45) is 0 Å². The monoisotopic (exact) mass is 297 g/mol. The van der Waals surface area contributed by atoms with Crippen molar-refractivity contribution in [3.63, 3.8) is 0 Å². The molecular weight excluding hydrogens is 286 g/mol. The molecule has 21 heavy (non-hydrogen) atoms. The molecule has 2 aromatic carbocycles. The van der Waals surface area contributed by atoms with Gasteiger partial charge in [-0.1, -0.05) is 48.0 Å². The van der Waals surface area contributed by atoms with E-state index in [1.54, 1.807) is 12.1 Å². The number of halogens is 1. The third kappa shape index (κ3) is 3.12. The number of anilines is 1. The standard InChI is InChI=1S/C16H12ClN3O/c17-13-10-12(11-4-2-1-3-5-11)6-7-14(13)21-16-19-9-8-15(18)20-16/h1-10H,(H2,18,19,20). The maximum absolute atomic E-state index is 6.26. The number of nitrogens with zero attached hydrogens (tertiary/aromatic N) is 2. The fraction of sp³-hybridized carbons (Fsp3) is 0. The van der Waals surface area contributed by atoms with Crippen LogP contribution in [0, 0.1) is 0 Å². The maximum Gasteiger partial charge on any atom is 0.323 e.